The Morgan fingerprint density at radius 3 is 2.43 bits per heavy atom. The number of quaternary nitrogens is 1. The maximum absolute atomic E-state index is 12.2. The van der Waals surface area contributed by atoms with E-state index < -0.39 is 16.1 Å². The van der Waals surface area contributed by atoms with E-state index >= 15 is 0 Å². The average molecular weight is 409 g/mol. The van der Waals surface area contributed by atoms with E-state index in [9.17, 15) is 23.4 Å². The zero-order valence-corrected chi connectivity index (χ0v) is 16.8. The van der Waals surface area contributed by atoms with E-state index in [1.165, 1.54) is 38.4 Å². The minimum Gasteiger partial charge on any atom is -0.508 e. The summed E-state index contributed by atoms with van der Waals surface area (Å²) in [6.07, 6.45) is -0.804. The first-order chi connectivity index (χ1) is 13.1. The number of carbonyl (C=O) groups excluding carboxylic acids is 1. The highest BCUT2D eigenvalue weighted by molar-refractivity contribution is 7.89. The fraction of sp³-hybridized carbons (Fsp3) is 0.316. The van der Waals surface area contributed by atoms with Crippen LogP contribution in [0.4, 0.5) is 5.69 Å². The van der Waals surface area contributed by atoms with Gasteiger partial charge in [0.15, 0.2) is 6.54 Å². The van der Waals surface area contributed by atoms with Crippen LogP contribution in [0.2, 0.25) is 0 Å². The van der Waals surface area contributed by atoms with Gasteiger partial charge in [0.2, 0.25) is 10.0 Å². The number of phenols is 1. The molecule has 0 aromatic heterocycles. The lowest BCUT2D eigenvalue weighted by Crippen LogP contribution is -2.92. The third kappa shape index (κ3) is 5.52. The first-order valence-corrected chi connectivity index (χ1v) is 10.2. The SMILES string of the molecule is C[C@H]([NH2+]CC(=O)Nc1cccc(S(=O)(=O)N(C)C)c1)[C@@H](O)c1ccc(O)cc1. The summed E-state index contributed by atoms with van der Waals surface area (Å²) in [5.74, 6) is -0.199. The number of benzene rings is 2. The van der Waals surface area contributed by atoms with E-state index in [1.54, 1.807) is 36.5 Å². The molecule has 0 radical (unpaired) electrons. The number of aromatic hydroxyl groups is 1. The van der Waals surface area contributed by atoms with Gasteiger partial charge in [-0.25, -0.2) is 12.7 Å². The Kier molecular flexibility index (Phi) is 7.14. The molecule has 0 aliphatic heterocycles. The number of sulfonamides is 1. The van der Waals surface area contributed by atoms with Gasteiger partial charge in [-0.2, -0.15) is 0 Å². The van der Waals surface area contributed by atoms with Crippen molar-refractivity contribution in [2.24, 2.45) is 0 Å². The van der Waals surface area contributed by atoms with Crippen molar-refractivity contribution >= 4 is 21.6 Å². The number of amides is 1. The molecular formula is C19H26N3O5S+. The lowest BCUT2D eigenvalue weighted by Gasteiger charge is -2.18. The fourth-order valence-corrected chi connectivity index (χ4v) is 3.50. The van der Waals surface area contributed by atoms with Crippen LogP contribution >= 0.6 is 0 Å². The van der Waals surface area contributed by atoms with Crippen molar-refractivity contribution in [3.8, 4) is 5.75 Å². The summed E-state index contributed by atoms with van der Waals surface area (Å²) in [4.78, 5) is 12.3. The number of phenolic OH excluding ortho intramolecular Hbond substituents is 1. The molecule has 0 heterocycles. The van der Waals surface area contributed by atoms with Crippen LogP contribution in [0.1, 0.15) is 18.6 Å². The lowest BCUT2D eigenvalue weighted by molar-refractivity contribution is -0.684. The Balaban J connectivity index is 1.94. The smallest absolute Gasteiger partial charge is 0.279 e. The average Bonchev–Trinajstić information content (AvgIpc) is 2.66. The van der Waals surface area contributed by atoms with Crippen LogP contribution in [0.25, 0.3) is 0 Å². The predicted molar refractivity (Wildman–Crippen MR) is 105 cm³/mol. The van der Waals surface area contributed by atoms with Gasteiger partial charge in [0.25, 0.3) is 5.91 Å². The Hall–Kier alpha value is -2.46. The molecule has 0 spiro atoms. The highest BCUT2D eigenvalue weighted by Gasteiger charge is 2.21. The Morgan fingerprint density at radius 1 is 1.18 bits per heavy atom. The van der Waals surface area contributed by atoms with Gasteiger partial charge in [-0.1, -0.05) is 18.2 Å². The van der Waals surface area contributed by atoms with Gasteiger partial charge in [0, 0.05) is 19.8 Å². The summed E-state index contributed by atoms with van der Waals surface area (Å²) in [6, 6.07) is 12.0. The second-order valence-corrected chi connectivity index (χ2v) is 8.85. The molecule has 2 aromatic rings. The quantitative estimate of drug-likeness (QED) is 0.499. The third-order valence-electron chi connectivity index (χ3n) is 4.30. The molecule has 0 fully saturated rings. The molecule has 2 atom stereocenters. The third-order valence-corrected chi connectivity index (χ3v) is 6.12. The van der Waals surface area contributed by atoms with Gasteiger partial charge >= 0.3 is 0 Å². The van der Waals surface area contributed by atoms with E-state index in [2.05, 4.69) is 5.32 Å². The van der Waals surface area contributed by atoms with Gasteiger partial charge in [-0.15, -0.1) is 0 Å². The molecule has 2 rings (SSSR count). The maximum atomic E-state index is 12.2. The molecule has 8 nitrogen and oxygen atoms in total. The topological polar surface area (TPSA) is 124 Å². The molecule has 0 aliphatic rings. The van der Waals surface area contributed by atoms with Crippen molar-refractivity contribution in [1.29, 1.82) is 0 Å². The number of carbonyl (C=O) groups is 1. The van der Waals surface area contributed by atoms with E-state index in [-0.39, 0.29) is 29.1 Å². The summed E-state index contributed by atoms with van der Waals surface area (Å²) < 4.78 is 25.5. The molecule has 0 unspecified atom stereocenters. The first-order valence-electron chi connectivity index (χ1n) is 8.74. The Morgan fingerprint density at radius 2 is 1.82 bits per heavy atom. The summed E-state index contributed by atoms with van der Waals surface area (Å²) in [5, 5.41) is 24.0. The van der Waals surface area contributed by atoms with Crippen molar-refractivity contribution < 1.29 is 28.7 Å². The summed E-state index contributed by atoms with van der Waals surface area (Å²) in [5.41, 5.74) is 1.02. The van der Waals surface area contributed by atoms with Crippen molar-refractivity contribution in [1.82, 2.24) is 4.31 Å². The van der Waals surface area contributed by atoms with Gasteiger partial charge in [-0.3, -0.25) is 4.79 Å². The van der Waals surface area contributed by atoms with E-state index in [4.69, 9.17) is 0 Å². The van der Waals surface area contributed by atoms with Crippen molar-refractivity contribution in [3.63, 3.8) is 0 Å². The molecule has 2 aromatic carbocycles. The monoisotopic (exact) mass is 408 g/mol. The number of nitrogens with zero attached hydrogens (tertiary/aromatic N) is 1. The molecule has 9 heteroatoms. The second-order valence-electron chi connectivity index (χ2n) is 6.70. The lowest BCUT2D eigenvalue weighted by atomic mass is 10.0. The normalized spacial score (nSPS) is 13.9. The number of anilines is 1. The molecule has 0 aliphatic carbocycles. The van der Waals surface area contributed by atoms with Crippen molar-refractivity contribution in [2.75, 3.05) is 26.0 Å². The van der Waals surface area contributed by atoms with Crippen LogP contribution in [0.15, 0.2) is 53.4 Å². The van der Waals surface area contributed by atoms with E-state index in [0.29, 0.717) is 11.3 Å². The molecule has 5 N–H and O–H groups in total. The summed E-state index contributed by atoms with van der Waals surface area (Å²) >= 11 is 0. The Labute approximate surface area is 164 Å². The summed E-state index contributed by atoms with van der Waals surface area (Å²) in [6.45, 7) is 1.84. The molecule has 0 bridgehead atoms. The molecule has 28 heavy (non-hydrogen) atoms. The maximum Gasteiger partial charge on any atom is 0.279 e. The molecule has 0 saturated heterocycles. The highest BCUT2D eigenvalue weighted by atomic mass is 32.2. The largest absolute Gasteiger partial charge is 0.508 e. The minimum atomic E-state index is -3.58. The Bertz CT molecular complexity index is 913. The molecule has 0 saturated carbocycles. The highest BCUT2D eigenvalue weighted by Crippen LogP contribution is 2.19. The van der Waals surface area contributed by atoms with Crippen LogP contribution in [-0.4, -0.2) is 55.5 Å². The number of rotatable bonds is 8. The number of hydrogen-bond acceptors (Lipinski definition) is 5. The number of hydrogen-bond donors (Lipinski definition) is 4. The summed E-state index contributed by atoms with van der Waals surface area (Å²) in [7, 11) is -0.701. The molecule has 152 valence electrons. The second kappa shape index (κ2) is 9.16. The fourth-order valence-electron chi connectivity index (χ4n) is 2.55. The molecule has 1 amide bonds. The standard InChI is InChI=1S/C19H25N3O5S/c1-13(19(25)14-7-9-16(23)10-8-14)20-12-18(24)21-15-5-4-6-17(11-15)28(26,27)22(2)3/h4-11,13,19-20,23,25H,12H2,1-3H3,(H,21,24)/p+1/t13-,19+/m0/s1. The van der Waals surface area contributed by atoms with Gasteiger partial charge in [0.1, 0.15) is 17.9 Å². The van der Waals surface area contributed by atoms with Crippen LogP contribution < -0.4 is 10.6 Å². The van der Waals surface area contributed by atoms with Gasteiger partial charge in [0.05, 0.1) is 4.90 Å². The number of nitrogens with one attached hydrogen (secondary N) is 1. The van der Waals surface area contributed by atoms with Gasteiger partial charge < -0.3 is 20.8 Å². The van der Waals surface area contributed by atoms with Crippen molar-refractivity contribution in [3.05, 3.63) is 54.1 Å². The predicted octanol–water partition coefficient (Wildman–Crippen LogP) is 0.267. The van der Waals surface area contributed by atoms with Crippen LogP contribution in [-0.2, 0) is 14.8 Å². The van der Waals surface area contributed by atoms with Crippen LogP contribution in [0.5, 0.6) is 5.75 Å². The van der Waals surface area contributed by atoms with Crippen LogP contribution in [0.3, 0.4) is 0 Å². The van der Waals surface area contributed by atoms with Gasteiger partial charge in [-0.05, 0) is 42.8 Å². The van der Waals surface area contributed by atoms with E-state index in [1.807, 2.05) is 0 Å². The number of nitrogens with two attached hydrogens (primary N) is 1. The van der Waals surface area contributed by atoms with Crippen molar-refractivity contribution in [2.45, 2.75) is 24.0 Å². The zero-order valence-electron chi connectivity index (χ0n) is 16.0. The first kappa shape index (κ1) is 21.8. The zero-order chi connectivity index (χ0) is 20.9. The van der Waals surface area contributed by atoms with Crippen LogP contribution in [0, 0.1) is 0 Å². The number of aliphatic hydroxyl groups is 1. The van der Waals surface area contributed by atoms with E-state index in [0.717, 1.165) is 4.31 Å². The minimum absolute atomic E-state index is 0.0565. The number of aliphatic hydroxyl groups excluding tert-OH is 1. The molecular weight excluding hydrogens is 382 g/mol.